The van der Waals surface area contributed by atoms with Crippen LogP contribution < -0.4 is 15.8 Å². The maximum absolute atomic E-state index is 13.0. The summed E-state index contributed by atoms with van der Waals surface area (Å²) in [4.78, 5) is 32.7. The third-order valence-corrected chi connectivity index (χ3v) is 6.26. The van der Waals surface area contributed by atoms with E-state index in [9.17, 15) is 9.59 Å². The van der Waals surface area contributed by atoms with Gasteiger partial charge in [-0.05, 0) is 37.1 Å². The number of morpholine rings is 1. The predicted octanol–water partition coefficient (Wildman–Crippen LogP) is 3.79. The molecule has 1 amide bonds. The highest BCUT2D eigenvalue weighted by molar-refractivity contribution is 6.34. The molecule has 1 saturated heterocycles. The summed E-state index contributed by atoms with van der Waals surface area (Å²) < 4.78 is 7.22. The van der Waals surface area contributed by atoms with Gasteiger partial charge in [0.25, 0.3) is 5.56 Å². The van der Waals surface area contributed by atoms with E-state index in [0.29, 0.717) is 47.1 Å². The Balaban J connectivity index is 1.35. The lowest BCUT2D eigenvalue weighted by atomic mass is 10.2. The zero-order chi connectivity index (χ0) is 22.1. The van der Waals surface area contributed by atoms with Crippen LogP contribution in [0.4, 0.5) is 11.4 Å². The minimum atomic E-state index is -0.133. The average molecular weight is 453 g/mol. The van der Waals surface area contributed by atoms with Gasteiger partial charge in [-0.3, -0.25) is 14.2 Å². The van der Waals surface area contributed by atoms with Gasteiger partial charge in [-0.2, -0.15) is 0 Å². The minimum absolute atomic E-state index is 0.0158. The Morgan fingerprint density at radius 3 is 2.69 bits per heavy atom. The number of carbonyl (C=O) groups is 1. The highest BCUT2D eigenvalue weighted by Crippen LogP contribution is 2.36. The van der Waals surface area contributed by atoms with E-state index in [1.165, 1.54) is 0 Å². The van der Waals surface area contributed by atoms with Crippen molar-refractivity contribution in [3.05, 3.63) is 63.7 Å². The predicted molar refractivity (Wildman–Crippen MR) is 126 cm³/mol. The van der Waals surface area contributed by atoms with Gasteiger partial charge in [-0.1, -0.05) is 29.8 Å². The number of ether oxygens (including phenoxy) is 1. The van der Waals surface area contributed by atoms with Crippen LogP contribution in [0.1, 0.15) is 31.1 Å². The number of fused-ring (bicyclic) bond motifs is 1. The van der Waals surface area contributed by atoms with Crippen molar-refractivity contribution in [2.75, 3.05) is 36.5 Å². The number of benzene rings is 2. The normalized spacial score (nSPS) is 16.3. The Kier molecular flexibility index (Phi) is 5.85. The summed E-state index contributed by atoms with van der Waals surface area (Å²) in [7, 11) is 0. The fraction of sp³-hybridized carbons (Fsp3) is 0.375. The summed E-state index contributed by atoms with van der Waals surface area (Å²) in [6.07, 6.45) is 2.58. The van der Waals surface area contributed by atoms with Crippen LogP contribution in [-0.2, 0) is 16.0 Å². The van der Waals surface area contributed by atoms with Gasteiger partial charge in [-0.25, -0.2) is 4.98 Å². The zero-order valence-electron chi connectivity index (χ0n) is 17.7. The van der Waals surface area contributed by atoms with Crippen LogP contribution in [0.15, 0.2) is 47.3 Å². The molecule has 8 heteroatoms. The standard InChI is InChI=1S/C24H25ClN4O3/c25-18-5-3-7-20(23(18)28-12-14-32-15-13-28)27-22(30)11-10-21-26-19-6-2-1-4-17(19)24(31)29(21)16-8-9-16/h1-7,16H,8-15H2,(H,27,30). The fourth-order valence-electron chi connectivity index (χ4n) is 4.24. The van der Waals surface area contributed by atoms with Gasteiger partial charge in [0.15, 0.2) is 0 Å². The molecule has 32 heavy (non-hydrogen) atoms. The van der Waals surface area contributed by atoms with E-state index >= 15 is 0 Å². The molecule has 1 saturated carbocycles. The Hall–Kier alpha value is -2.90. The molecule has 1 N–H and O–H groups in total. The van der Waals surface area contributed by atoms with Crippen molar-refractivity contribution < 1.29 is 9.53 Å². The van der Waals surface area contributed by atoms with Gasteiger partial charge < -0.3 is 15.0 Å². The number of para-hydroxylation sites is 2. The largest absolute Gasteiger partial charge is 0.378 e. The summed E-state index contributed by atoms with van der Waals surface area (Å²) >= 11 is 6.47. The zero-order valence-corrected chi connectivity index (χ0v) is 18.5. The highest BCUT2D eigenvalue weighted by atomic mass is 35.5. The van der Waals surface area contributed by atoms with Crippen LogP contribution in [0.5, 0.6) is 0 Å². The Bertz CT molecular complexity index is 1220. The molecular formula is C24H25ClN4O3. The fourth-order valence-corrected chi connectivity index (χ4v) is 4.53. The third-order valence-electron chi connectivity index (χ3n) is 5.96. The quantitative estimate of drug-likeness (QED) is 0.615. The van der Waals surface area contributed by atoms with Crippen molar-refractivity contribution in [3.63, 3.8) is 0 Å². The second kappa shape index (κ2) is 8.92. The molecule has 3 aromatic rings. The molecule has 1 aliphatic carbocycles. The molecule has 2 aromatic carbocycles. The lowest BCUT2D eigenvalue weighted by Gasteiger charge is -2.31. The molecule has 0 atom stereocenters. The van der Waals surface area contributed by atoms with Gasteiger partial charge in [0.1, 0.15) is 5.82 Å². The monoisotopic (exact) mass is 452 g/mol. The molecule has 0 spiro atoms. The third kappa shape index (κ3) is 4.23. The molecule has 5 rings (SSSR count). The summed E-state index contributed by atoms with van der Waals surface area (Å²) in [5.41, 5.74) is 2.17. The van der Waals surface area contributed by atoms with Crippen molar-refractivity contribution in [2.24, 2.45) is 0 Å². The molecular weight excluding hydrogens is 428 g/mol. The first-order valence-electron chi connectivity index (χ1n) is 11.0. The van der Waals surface area contributed by atoms with Gasteiger partial charge in [0, 0.05) is 32.0 Å². The average Bonchev–Trinajstić information content (AvgIpc) is 3.64. The number of anilines is 2. The number of rotatable bonds is 6. The van der Waals surface area contributed by atoms with Crippen molar-refractivity contribution >= 4 is 39.8 Å². The highest BCUT2D eigenvalue weighted by Gasteiger charge is 2.28. The first kappa shape index (κ1) is 21.0. The van der Waals surface area contributed by atoms with Gasteiger partial charge in [0.2, 0.25) is 5.91 Å². The summed E-state index contributed by atoms with van der Waals surface area (Å²) in [5.74, 6) is 0.539. The minimum Gasteiger partial charge on any atom is -0.378 e. The van der Waals surface area contributed by atoms with E-state index < -0.39 is 0 Å². The topological polar surface area (TPSA) is 76.5 Å². The summed E-state index contributed by atoms with van der Waals surface area (Å²) in [6.45, 7) is 2.71. The number of nitrogens with zero attached hydrogens (tertiary/aromatic N) is 3. The van der Waals surface area contributed by atoms with E-state index in [-0.39, 0.29) is 23.9 Å². The molecule has 2 aliphatic rings. The Morgan fingerprint density at radius 1 is 1.12 bits per heavy atom. The van der Waals surface area contributed by atoms with E-state index in [2.05, 4.69) is 10.2 Å². The lowest BCUT2D eigenvalue weighted by Crippen LogP contribution is -2.37. The Labute approximate surface area is 191 Å². The van der Waals surface area contributed by atoms with E-state index in [1.54, 1.807) is 4.57 Å². The lowest BCUT2D eigenvalue weighted by molar-refractivity contribution is -0.116. The van der Waals surface area contributed by atoms with Crippen molar-refractivity contribution in [2.45, 2.75) is 31.7 Å². The number of halogens is 1. The first-order valence-corrected chi connectivity index (χ1v) is 11.4. The number of amides is 1. The Morgan fingerprint density at radius 2 is 1.91 bits per heavy atom. The van der Waals surface area contributed by atoms with E-state index in [4.69, 9.17) is 21.3 Å². The number of aromatic nitrogens is 2. The molecule has 0 bridgehead atoms. The van der Waals surface area contributed by atoms with E-state index in [0.717, 1.165) is 31.6 Å². The molecule has 2 fully saturated rings. The second-order valence-electron chi connectivity index (χ2n) is 8.24. The summed E-state index contributed by atoms with van der Waals surface area (Å²) in [6, 6.07) is 13.1. The molecule has 2 heterocycles. The van der Waals surface area contributed by atoms with Crippen LogP contribution >= 0.6 is 11.6 Å². The maximum Gasteiger partial charge on any atom is 0.261 e. The maximum atomic E-state index is 13.0. The number of nitrogens with one attached hydrogen (secondary N) is 1. The smallest absolute Gasteiger partial charge is 0.261 e. The number of carbonyl (C=O) groups excluding carboxylic acids is 1. The number of hydrogen-bond acceptors (Lipinski definition) is 5. The van der Waals surface area contributed by atoms with Gasteiger partial charge >= 0.3 is 0 Å². The van der Waals surface area contributed by atoms with Crippen LogP contribution in [0.25, 0.3) is 10.9 Å². The van der Waals surface area contributed by atoms with Crippen molar-refractivity contribution in [3.8, 4) is 0 Å². The molecule has 7 nitrogen and oxygen atoms in total. The van der Waals surface area contributed by atoms with Crippen LogP contribution in [0, 0.1) is 0 Å². The van der Waals surface area contributed by atoms with Crippen LogP contribution in [0.3, 0.4) is 0 Å². The number of aryl methyl sites for hydroxylation is 1. The molecule has 1 aromatic heterocycles. The molecule has 0 radical (unpaired) electrons. The molecule has 1 aliphatic heterocycles. The van der Waals surface area contributed by atoms with Crippen molar-refractivity contribution in [1.82, 2.24) is 9.55 Å². The van der Waals surface area contributed by atoms with Crippen LogP contribution in [0.2, 0.25) is 5.02 Å². The van der Waals surface area contributed by atoms with Crippen molar-refractivity contribution in [1.29, 1.82) is 0 Å². The van der Waals surface area contributed by atoms with Crippen LogP contribution in [-0.4, -0.2) is 41.8 Å². The summed E-state index contributed by atoms with van der Waals surface area (Å²) in [5, 5.41) is 4.24. The number of hydrogen-bond donors (Lipinski definition) is 1. The first-order chi connectivity index (χ1) is 15.6. The molecule has 0 unspecified atom stereocenters. The van der Waals surface area contributed by atoms with E-state index in [1.807, 2.05) is 42.5 Å². The van der Waals surface area contributed by atoms with Gasteiger partial charge in [-0.15, -0.1) is 0 Å². The molecule has 166 valence electrons. The van der Waals surface area contributed by atoms with Gasteiger partial charge in [0.05, 0.1) is 40.5 Å². The second-order valence-corrected chi connectivity index (χ2v) is 8.64. The SMILES string of the molecule is O=C(CCc1nc2ccccc2c(=O)n1C1CC1)Nc1cccc(Cl)c1N1CCOCC1.